The molecule has 8 heteroatoms. The molecule has 1 heterocycles. The summed E-state index contributed by atoms with van der Waals surface area (Å²) in [7, 11) is 1.55. The first-order valence-electron chi connectivity index (χ1n) is 8.93. The van der Waals surface area contributed by atoms with Gasteiger partial charge in [0.2, 0.25) is 5.91 Å². The molecule has 5 nitrogen and oxygen atoms in total. The van der Waals surface area contributed by atoms with Crippen molar-refractivity contribution in [3.8, 4) is 10.6 Å². The van der Waals surface area contributed by atoms with Crippen molar-refractivity contribution < 1.29 is 9.59 Å². The molecule has 3 aromatic rings. The van der Waals surface area contributed by atoms with Crippen molar-refractivity contribution in [3.63, 3.8) is 0 Å². The van der Waals surface area contributed by atoms with Crippen LogP contribution < -0.4 is 5.32 Å². The van der Waals surface area contributed by atoms with Gasteiger partial charge < -0.3 is 10.2 Å². The summed E-state index contributed by atoms with van der Waals surface area (Å²) >= 11 is 13.5. The van der Waals surface area contributed by atoms with Gasteiger partial charge in [-0.05, 0) is 24.1 Å². The Bertz CT molecular complexity index is 1010. The molecule has 1 N–H and O–H groups in total. The normalized spacial score (nSPS) is 10.6. The minimum Gasteiger partial charge on any atom is -0.331 e. The number of carbonyl (C=O) groups is 2. The van der Waals surface area contributed by atoms with E-state index in [2.05, 4.69) is 29.4 Å². The number of hydrogen-bond acceptors (Lipinski definition) is 4. The number of aryl methyl sites for hydroxylation is 1. The zero-order valence-electron chi connectivity index (χ0n) is 15.9. The summed E-state index contributed by atoms with van der Waals surface area (Å²) in [5, 5.41) is 5.77. The third kappa shape index (κ3) is 5.15. The van der Waals surface area contributed by atoms with Gasteiger partial charge in [-0.15, -0.1) is 11.3 Å². The molecule has 1 aromatic heterocycles. The highest BCUT2D eigenvalue weighted by Crippen LogP contribution is 2.29. The maximum atomic E-state index is 12.6. The fraction of sp³-hybridized carbons (Fsp3) is 0.190. The first-order chi connectivity index (χ1) is 13.9. The number of para-hydroxylation sites is 1. The minimum atomic E-state index is -0.401. The first-order valence-corrected chi connectivity index (χ1v) is 10.6. The Morgan fingerprint density at radius 2 is 1.76 bits per heavy atom. The highest BCUT2D eigenvalue weighted by atomic mass is 35.5. The molecule has 0 unspecified atom stereocenters. The molecule has 0 aliphatic heterocycles. The zero-order chi connectivity index (χ0) is 21.0. The molecule has 0 radical (unpaired) electrons. The number of likely N-dealkylation sites (N-methyl/N-ethyl adjacent to an activating group) is 1. The van der Waals surface area contributed by atoms with Gasteiger partial charge in [-0.1, -0.05) is 60.5 Å². The summed E-state index contributed by atoms with van der Waals surface area (Å²) in [5.41, 5.74) is 2.83. The smallest absolute Gasteiger partial charge is 0.273 e. The van der Waals surface area contributed by atoms with Gasteiger partial charge in [-0.25, -0.2) is 4.98 Å². The van der Waals surface area contributed by atoms with Crippen LogP contribution in [-0.2, 0) is 11.2 Å². The van der Waals surface area contributed by atoms with E-state index < -0.39 is 5.91 Å². The van der Waals surface area contributed by atoms with Crippen molar-refractivity contribution in [3.05, 3.63) is 69.1 Å². The fourth-order valence-electron chi connectivity index (χ4n) is 2.67. The Balaban J connectivity index is 1.65. The number of amides is 2. The largest absolute Gasteiger partial charge is 0.331 e. The molecule has 0 atom stereocenters. The predicted molar refractivity (Wildman–Crippen MR) is 119 cm³/mol. The quantitative estimate of drug-likeness (QED) is 0.550. The average Bonchev–Trinajstić information content (AvgIpc) is 3.20. The number of anilines is 1. The lowest BCUT2D eigenvalue weighted by Gasteiger charge is -2.16. The van der Waals surface area contributed by atoms with Gasteiger partial charge in [0.1, 0.15) is 10.7 Å². The molecule has 0 saturated heterocycles. The third-order valence-corrected chi connectivity index (χ3v) is 5.81. The summed E-state index contributed by atoms with van der Waals surface area (Å²) in [4.78, 5) is 30.7. The zero-order valence-corrected chi connectivity index (χ0v) is 18.2. The van der Waals surface area contributed by atoms with E-state index in [9.17, 15) is 9.59 Å². The third-order valence-electron chi connectivity index (χ3n) is 4.29. The molecule has 2 amide bonds. The summed E-state index contributed by atoms with van der Waals surface area (Å²) in [6, 6.07) is 13.0. The monoisotopic (exact) mass is 447 g/mol. The molecule has 0 aliphatic carbocycles. The molecule has 2 aromatic carbocycles. The predicted octanol–water partition coefficient (Wildman–Crippen LogP) is 5.39. The summed E-state index contributed by atoms with van der Waals surface area (Å²) in [6.45, 7) is 1.94. The summed E-state index contributed by atoms with van der Waals surface area (Å²) < 4.78 is 0. The van der Waals surface area contributed by atoms with Crippen molar-refractivity contribution in [2.75, 3.05) is 18.9 Å². The van der Waals surface area contributed by atoms with Crippen molar-refractivity contribution >= 4 is 52.0 Å². The lowest BCUT2D eigenvalue weighted by Crippen LogP contribution is -2.35. The second kappa shape index (κ2) is 9.39. The number of aromatic nitrogens is 1. The molecule has 0 aliphatic rings. The number of thiazole rings is 1. The maximum Gasteiger partial charge on any atom is 0.273 e. The SMILES string of the molecule is CCc1ccc(-c2nc(C(=O)N(C)CC(=O)Nc3c(Cl)cccc3Cl)cs2)cc1. The Morgan fingerprint density at radius 3 is 2.38 bits per heavy atom. The van der Waals surface area contributed by atoms with E-state index in [1.165, 1.54) is 21.8 Å². The molecule has 0 saturated carbocycles. The second-order valence-electron chi connectivity index (χ2n) is 6.39. The molecule has 0 fully saturated rings. The van der Waals surface area contributed by atoms with E-state index in [-0.39, 0.29) is 12.5 Å². The molecular weight excluding hydrogens is 429 g/mol. The van der Waals surface area contributed by atoms with Gasteiger partial charge in [0, 0.05) is 18.0 Å². The van der Waals surface area contributed by atoms with Gasteiger partial charge in [0.15, 0.2) is 0 Å². The Morgan fingerprint density at radius 1 is 1.10 bits per heavy atom. The van der Waals surface area contributed by atoms with E-state index in [4.69, 9.17) is 23.2 Å². The van der Waals surface area contributed by atoms with Crippen LogP contribution in [0.2, 0.25) is 10.0 Å². The standard InChI is InChI=1S/C21H19Cl2N3O2S/c1-3-13-7-9-14(10-8-13)20-24-17(12-29-20)21(28)26(2)11-18(27)25-19-15(22)5-4-6-16(19)23/h4-10,12H,3,11H2,1-2H3,(H,25,27). The van der Waals surface area contributed by atoms with Crippen LogP contribution in [0, 0.1) is 0 Å². The van der Waals surface area contributed by atoms with Crippen LogP contribution in [0.15, 0.2) is 47.8 Å². The number of carbonyl (C=O) groups excluding carboxylic acids is 2. The van der Waals surface area contributed by atoms with Gasteiger partial charge in [0.25, 0.3) is 5.91 Å². The van der Waals surface area contributed by atoms with Crippen molar-refractivity contribution in [2.24, 2.45) is 0 Å². The van der Waals surface area contributed by atoms with Crippen LogP contribution in [0.25, 0.3) is 10.6 Å². The topological polar surface area (TPSA) is 62.3 Å². The average molecular weight is 448 g/mol. The van der Waals surface area contributed by atoms with Crippen molar-refractivity contribution in [1.82, 2.24) is 9.88 Å². The van der Waals surface area contributed by atoms with Crippen LogP contribution in [0.1, 0.15) is 23.0 Å². The van der Waals surface area contributed by atoms with Gasteiger partial charge in [0.05, 0.1) is 22.3 Å². The highest BCUT2D eigenvalue weighted by Gasteiger charge is 2.19. The van der Waals surface area contributed by atoms with E-state index in [0.717, 1.165) is 17.0 Å². The minimum absolute atomic E-state index is 0.154. The van der Waals surface area contributed by atoms with Gasteiger partial charge >= 0.3 is 0 Å². The number of benzene rings is 2. The molecule has 0 bridgehead atoms. The molecule has 0 spiro atoms. The highest BCUT2D eigenvalue weighted by molar-refractivity contribution is 7.13. The molecular formula is C21H19Cl2N3O2S. The summed E-state index contributed by atoms with van der Waals surface area (Å²) in [5.74, 6) is -0.737. The fourth-order valence-corrected chi connectivity index (χ4v) is 3.96. The van der Waals surface area contributed by atoms with Crippen LogP contribution in [0.5, 0.6) is 0 Å². The van der Waals surface area contributed by atoms with E-state index in [0.29, 0.717) is 21.4 Å². The second-order valence-corrected chi connectivity index (χ2v) is 8.07. The van der Waals surface area contributed by atoms with Crippen molar-refractivity contribution in [2.45, 2.75) is 13.3 Å². The first kappa shape index (κ1) is 21.3. The number of rotatable bonds is 6. The van der Waals surface area contributed by atoms with Crippen LogP contribution >= 0.6 is 34.5 Å². The Labute approximate surface area is 183 Å². The maximum absolute atomic E-state index is 12.6. The number of hydrogen-bond donors (Lipinski definition) is 1. The van der Waals surface area contributed by atoms with Crippen LogP contribution in [0.4, 0.5) is 5.69 Å². The van der Waals surface area contributed by atoms with Gasteiger partial charge in [-0.3, -0.25) is 9.59 Å². The number of halogens is 2. The number of nitrogens with one attached hydrogen (secondary N) is 1. The van der Waals surface area contributed by atoms with E-state index >= 15 is 0 Å². The Hall–Kier alpha value is -2.41. The lowest BCUT2D eigenvalue weighted by atomic mass is 10.1. The van der Waals surface area contributed by atoms with E-state index in [1.54, 1.807) is 30.6 Å². The van der Waals surface area contributed by atoms with Crippen LogP contribution in [-0.4, -0.2) is 35.3 Å². The Kier molecular flexibility index (Phi) is 6.90. The molecule has 29 heavy (non-hydrogen) atoms. The van der Waals surface area contributed by atoms with Crippen molar-refractivity contribution in [1.29, 1.82) is 0 Å². The molecule has 3 rings (SSSR count). The van der Waals surface area contributed by atoms with Gasteiger partial charge in [-0.2, -0.15) is 0 Å². The van der Waals surface area contributed by atoms with Crippen LogP contribution in [0.3, 0.4) is 0 Å². The molecule has 150 valence electrons. The lowest BCUT2D eigenvalue weighted by molar-refractivity contribution is -0.116. The summed E-state index contributed by atoms with van der Waals surface area (Å²) in [6.07, 6.45) is 0.966. The number of nitrogens with zero attached hydrogens (tertiary/aromatic N) is 2. The van der Waals surface area contributed by atoms with E-state index in [1.807, 2.05) is 12.1 Å².